The van der Waals surface area contributed by atoms with E-state index in [0.717, 1.165) is 29.5 Å². The van der Waals surface area contributed by atoms with E-state index < -0.39 is 18.0 Å². The first-order chi connectivity index (χ1) is 14.9. The first kappa shape index (κ1) is 23.9. The van der Waals surface area contributed by atoms with Crippen LogP contribution in [0.2, 0.25) is 0 Å². The molecule has 0 heterocycles. The number of hydrogen-bond donors (Lipinski definition) is 3. The second-order valence-corrected chi connectivity index (χ2v) is 7.51. The third-order valence-corrected chi connectivity index (χ3v) is 4.80. The Balaban J connectivity index is 1.57. The maximum atomic E-state index is 12.2. The summed E-state index contributed by atoms with van der Waals surface area (Å²) in [6.07, 6.45) is 2.37. The van der Waals surface area contributed by atoms with Crippen molar-refractivity contribution in [3.63, 3.8) is 0 Å². The van der Waals surface area contributed by atoms with Crippen LogP contribution in [0.1, 0.15) is 42.4 Å². The minimum Gasteiger partial charge on any atom is -0.445 e. The summed E-state index contributed by atoms with van der Waals surface area (Å²) in [5, 5.41) is 5.41. The Morgan fingerprint density at radius 1 is 0.935 bits per heavy atom. The molecule has 0 aliphatic rings. The SMILES string of the molecule is Cc1ccc(C[C@H](NC(=O)CCCCCNC(=O)OCc2ccccc2)C(N)=O)cc1. The third kappa shape index (κ3) is 9.80. The van der Waals surface area contributed by atoms with E-state index in [9.17, 15) is 14.4 Å². The molecule has 2 rings (SSSR count). The first-order valence-corrected chi connectivity index (χ1v) is 10.5. The summed E-state index contributed by atoms with van der Waals surface area (Å²) in [7, 11) is 0. The lowest BCUT2D eigenvalue weighted by atomic mass is 10.0. The maximum absolute atomic E-state index is 12.2. The minimum absolute atomic E-state index is 0.203. The Hall–Kier alpha value is -3.35. The fraction of sp³-hybridized carbons (Fsp3) is 0.375. The molecule has 0 aromatic heterocycles. The van der Waals surface area contributed by atoms with Gasteiger partial charge < -0.3 is 21.1 Å². The number of ether oxygens (including phenoxy) is 1. The van der Waals surface area contributed by atoms with Crippen LogP contribution in [0, 0.1) is 6.92 Å². The fourth-order valence-corrected chi connectivity index (χ4v) is 3.00. The smallest absolute Gasteiger partial charge is 0.407 e. The number of nitrogens with two attached hydrogens (primary N) is 1. The lowest BCUT2D eigenvalue weighted by Crippen LogP contribution is -2.45. The van der Waals surface area contributed by atoms with Crippen LogP contribution in [0.15, 0.2) is 54.6 Å². The average Bonchev–Trinajstić information content (AvgIpc) is 2.76. The number of carbonyl (C=O) groups is 3. The number of primary amides is 1. The van der Waals surface area contributed by atoms with Crippen molar-refractivity contribution < 1.29 is 19.1 Å². The molecule has 0 saturated heterocycles. The molecule has 0 spiro atoms. The summed E-state index contributed by atoms with van der Waals surface area (Å²) in [4.78, 5) is 35.5. The zero-order chi connectivity index (χ0) is 22.5. The number of alkyl carbamates (subject to hydrolysis) is 1. The molecule has 2 aromatic rings. The molecule has 0 saturated carbocycles. The van der Waals surface area contributed by atoms with Crippen LogP contribution in [0.25, 0.3) is 0 Å². The van der Waals surface area contributed by atoms with Crippen molar-refractivity contribution in [3.8, 4) is 0 Å². The average molecular weight is 426 g/mol. The molecule has 0 aliphatic carbocycles. The fourth-order valence-electron chi connectivity index (χ4n) is 3.00. The highest BCUT2D eigenvalue weighted by Crippen LogP contribution is 2.07. The molecule has 2 aromatic carbocycles. The summed E-state index contributed by atoms with van der Waals surface area (Å²) in [5.74, 6) is -0.752. The second kappa shape index (κ2) is 13.1. The van der Waals surface area contributed by atoms with Crippen LogP contribution >= 0.6 is 0 Å². The number of benzene rings is 2. The van der Waals surface area contributed by atoms with E-state index in [2.05, 4.69) is 10.6 Å². The molecule has 0 unspecified atom stereocenters. The van der Waals surface area contributed by atoms with Gasteiger partial charge in [0.25, 0.3) is 0 Å². The van der Waals surface area contributed by atoms with E-state index in [0.29, 0.717) is 25.8 Å². The summed E-state index contributed by atoms with van der Waals surface area (Å²) in [5.41, 5.74) is 8.44. The molecule has 7 heteroatoms. The summed E-state index contributed by atoms with van der Waals surface area (Å²) in [6.45, 7) is 2.70. The number of rotatable bonds is 12. The highest BCUT2D eigenvalue weighted by molar-refractivity contribution is 5.86. The molecule has 0 bridgehead atoms. The van der Waals surface area contributed by atoms with Crippen molar-refractivity contribution in [2.45, 2.75) is 51.7 Å². The summed E-state index contributed by atoms with van der Waals surface area (Å²) < 4.78 is 5.14. The molecule has 0 fully saturated rings. The molecule has 1 atom stereocenters. The van der Waals surface area contributed by atoms with E-state index in [1.54, 1.807) is 0 Å². The standard InChI is InChI=1S/C24H31N3O4/c1-18-11-13-19(14-12-18)16-21(23(25)29)27-22(28)10-6-3-7-15-26-24(30)31-17-20-8-4-2-5-9-20/h2,4-5,8-9,11-14,21H,3,6-7,10,15-17H2,1H3,(H2,25,29)(H,26,30)(H,27,28)/t21-/m0/s1. The van der Waals surface area contributed by atoms with E-state index >= 15 is 0 Å². The Bertz CT molecular complexity index is 838. The molecule has 7 nitrogen and oxygen atoms in total. The Labute approximate surface area is 183 Å². The van der Waals surface area contributed by atoms with Gasteiger partial charge in [-0.3, -0.25) is 9.59 Å². The topological polar surface area (TPSA) is 111 Å². The number of unbranched alkanes of at least 4 members (excludes halogenated alkanes) is 2. The zero-order valence-corrected chi connectivity index (χ0v) is 17.9. The highest BCUT2D eigenvalue weighted by Gasteiger charge is 2.18. The van der Waals surface area contributed by atoms with Gasteiger partial charge >= 0.3 is 6.09 Å². The van der Waals surface area contributed by atoms with Crippen molar-refractivity contribution in [1.29, 1.82) is 0 Å². The zero-order valence-electron chi connectivity index (χ0n) is 17.9. The quantitative estimate of drug-likeness (QED) is 0.454. The predicted molar refractivity (Wildman–Crippen MR) is 119 cm³/mol. The molecule has 0 radical (unpaired) electrons. The number of nitrogens with one attached hydrogen (secondary N) is 2. The highest BCUT2D eigenvalue weighted by atomic mass is 16.5. The number of aryl methyl sites for hydroxylation is 1. The van der Waals surface area contributed by atoms with E-state index in [-0.39, 0.29) is 12.5 Å². The van der Waals surface area contributed by atoms with Crippen molar-refractivity contribution >= 4 is 17.9 Å². The van der Waals surface area contributed by atoms with Crippen molar-refractivity contribution in [2.24, 2.45) is 5.73 Å². The van der Waals surface area contributed by atoms with Crippen molar-refractivity contribution in [1.82, 2.24) is 10.6 Å². The van der Waals surface area contributed by atoms with Crippen molar-refractivity contribution in [2.75, 3.05) is 6.54 Å². The lowest BCUT2D eigenvalue weighted by Gasteiger charge is -2.16. The monoisotopic (exact) mass is 425 g/mol. The van der Waals surface area contributed by atoms with Crippen LogP contribution in [-0.4, -0.2) is 30.5 Å². The van der Waals surface area contributed by atoms with Gasteiger partial charge in [-0.2, -0.15) is 0 Å². The number of hydrogen-bond acceptors (Lipinski definition) is 4. The summed E-state index contributed by atoms with van der Waals surface area (Å²) >= 11 is 0. The number of amides is 3. The Kier molecular flexibility index (Phi) is 10.1. The van der Waals surface area contributed by atoms with Gasteiger partial charge in [0.15, 0.2) is 0 Å². The normalized spacial score (nSPS) is 11.4. The number of carbonyl (C=O) groups excluding carboxylic acids is 3. The van der Waals surface area contributed by atoms with E-state index in [4.69, 9.17) is 10.5 Å². The van der Waals surface area contributed by atoms with Crippen LogP contribution in [-0.2, 0) is 27.4 Å². The van der Waals surface area contributed by atoms with Gasteiger partial charge in [0, 0.05) is 19.4 Å². The largest absolute Gasteiger partial charge is 0.445 e. The lowest BCUT2D eigenvalue weighted by molar-refractivity contribution is -0.127. The van der Waals surface area contributed by atoms with Gasteiger partial charge in [-0.05, 0) is 30.9 Å². The molecule has 31 heavy (non-hydrogen) atoms. The molecule has 166 valence electrons. The maximum Gasteiger partial charge on any atom is 0.407 e. The van der Waals surface area contributed by atoms with Crippen LogP contribution < -0.4 is 16.4 Å². The van der Waals surface area contributed by atoms with Gasteiger partial charge in [0.2, 0.25) is 11.8 Å². The van der Waals surface area contributed by atoms with Gasteiger partial charge in [-0.25, -0.2) is 4.79 Å². The van der Waals surface area contributed by atoms with E-state index in [1.165, 1.54) is 0 Å². The predicted octanol–water partition coefficient (Wildman–Crippen LogP) is 2.99. The Morgan fingerprint density at radius 2 is 1.65 bits per heavy atom. The summed E-state index contributed by atoms with van der Waals surface area (Å²) in [6, 6.07) is 16.5. The van der Waals surface area contributed by atoms with Crippen LogP contribution in [0.3, 0.4) is 0 Å². The molecule has 0 aliphatic heterocycles. The van der Waals surface area contributed by atoms with Gasteiger partial charge in [0.05, 0.1) is 0 Å². The van der Waals surface area contributed by atoms with E-state index in [1.807, 2.05) is 61.5 Å². The third-order valence-electron chi connectivity index (χ3n) is 4.80. The van der Waals surface area contributed by atoms with Gasteiger partial charge in [-0.1, -0.05) is 66.6 Å². The Morgan fingerprint density at radius 3 is 2.32 bits per heavy atom. The molecule has 3 amide bonds. The molecule has 4 N–H and O–H groups in total. The second-order valence-electron chi connectivity index (χ2n) is 7.51. The van der Waals surface area contributed by atoms with Crippen LogP contribution in [0.5, 0.6) is 0 Å². The first-order valence-electron chi connectivity index (χ1n) is 10.5. The van der Waals surface area contributed by atoms with Crippen molar-refractivity contribution in [3.05, 3.63) is 71.3 Å². The van der Waals surface area contributed by atoms with Gasteiger partial charge in [0.1, 0.15) is 12.6 Å². The minimum atomic E-state index is -0.726. The van der Waals surface area contributed by atoms with Gasteiger partial charge in [-0.15, -0.1) is 0 Å². The molecular weight excluding hydrogens is 394 g/mol. The molecular formula is C24H31N3O4. The van der Waals surface area contributed by atoms with Crippen LogP contribution in [0.4, 0.5) is 4.79 Å².